The van der Waals surface area contributed by atoms with Gasteiger partial charge in [0.05, 0.1) is 0 Å². The number of rotatable bonds is 5. The highest BCUT2D eigenvalue weighted by atomic mass is 79.9. The summed E-state index contributed by atoms with van der Waals surface area (Å²) in [7, 11) is 0. The number of hydrogen-bond acceptors (Lipinski definition) is 1. The van der Waals surface area contributed by atoms with Crippen LogP contribution in [0.15, 0.2) is 0 Å². The molecule has 0 radical (unpaired) electrons. The number of hydrogen-bond donors (Lipinski definition) is 1. The van der Waals surface area contributed by atoms with Crippen molar-refractivity contribution in [1.29, 1.82) is 0 Å². The highest BCUT2D eigenvalue weighted by Crippen LogP contribution is 2.00. The fourth-order valence-electron chi connectivity index (χ4n) is 0.726. The molecule has 1 atom stereocenters. The molecule has 1 N–H and O–H groups in total. The van der Waals surface area contributed by atoms with Crippen molar-refractivity contribution in [2.75, 3.05) is 6.54 Å². The van der Waals surface area contributed by atoms with E-state index < -0.39 is 0 Å². The quantitative estimate of drug-likeness (QED) is 0.709. The molecule has 0 aliphatic rings. The van der Waals surface area contributed by atoms with E-state index in [1.807, 2.05) is 6.92 Å². The minimum atomic E-state index is 0.167. The van der Waals surface area contributed by atoms with E-state index in [1.165, 1.54) is 0 Å². The molecule has 66 valence electrons. The molecule has 0 aliphatic heterocycles. The first-order valence-corrected chi connectivity index (χ1v) is 4.99. The summed E-state index contributed by atoms with van der Waals surface area (Å²) in [5.74, 6) is 0.167. The van der Waals surface area contributed by atoms with Crippen molar-refractivity contribution in [1.82, 2.24) is 5.32 Å². The second-order valence-electron chi connectivity index (χ2n) is 2.67. The number of alkyl halides is 1. The van der Waals surface area contributed by atoms with Crippen molar-refractivity contribution >= 4 is 21.8 Å². The third-order valence-corrected chi connectivity index (χ3v) is 1.80. The maximum Gasteiger partial charge on any atom is 0.219 e. The van der Waals surface area contributed by atoms with Crippen LogP contribution in [0.1, 0.15) is 33.1 Å². The second-order valence-corrected chi connectivity index (χ2v) is 4.23. The molecule has 0 saturated carbocycles. The molecule has 11 heavy (non-hydrogen) atoms. The van der Waals surface area contributed by atoms with Crippen LogP contribution < -0.4 is 5.32 Å². The van der Waals surface area contributed by atoms with Crippen molar-refractivity contribution in [2.24, 2.45) is 0 Å². The zero-order valence-corrected chi connectivity index (χ0v) is 8.78. The maximum atomic E-state index is 10.9. The summed E-state index contributed by atoms with van der Waals surface area (Å²) in [5, 5.41) is 2.85. The Balaban J connectivity index is 3.17. The van der Waals surface area contributed by atoms with Crippen LogP contribution in [0.5, 0.6) is 0 Å². The van der Waals surface area contributed by atoms with Gasteiger partial charge in [-0.1, -0.05) is 29.8 Å². The molecule has 0 heterocycles. The molecule has 0 aromatic carbocycles. The van der Waals surface area contributed by atoms with Crippen LogP contribution in [0.2, 0.25) is 0 Å². The van der Waals surface area contributed by atoms with Crippen LogP contribution >= 0.6 is 15.9 Å². The van der Waals surface area contributed by atoms with Gasteiger partial charge in [-0.15, -0.1) is 0 Å². The van der Waals surface area contributed by atoms with Crippen molar-refractivity contribution in [2.45, 2.75) is 37.9 Å². The Morgan fingerprint density at radius 3 is 2.73 bits per heavy atom. The van der Waals surface area contributed by atoms with Gasteiger partial charge < -0.3 is 5.32 Å². The Morgan fingerprint density at radius 1 is 1.64 bits per heavy atom. The van der Waals surface area contributed by atoms with Gasteiger partial charge in [-0.25, -0.2) is 0 Å². The van der Waals surface area contributed by atoms with Gasteiger partial charge in [-0.3, -0.25) is 4.79 Å². The molecule has 0 saturated heterocycles. The first kappa shape index (κ1) is 11.0. The molecule has 0 spiro atoms. The molecule has 0 bridgehead atoms. The number of halogens is 1. The molecule has 1 unspecified atom stereocenters. The smallest absolute Gasteiger partial charge is 0.219 e. The van der Waals surface area contributed by atoms with E-state index in [9.17, 15) is 4.79 Å². The lowest BCUT2D eigenvalue weighted by Crippen LogP contribution is -2.25. The first-order valence-electron chi connectivity index (χ1n) is 4.07. The minimum absolute atomic E-state index is 0.167. The van der Waals surface area contributed by atoms with Crippen LogP contribution in [-0.2, 0) is 4.79 Å². The van der Waals surface area contributed by atoms with Crippen LogP contribution in [0.4, 0.5) is 0 Å². The molecule has 0 aliphatic carbocycles. The van der Waals surface area contributed by atoms with Crippen molar-refractivity contribution in [3.8, 4) is 0 Å². The van der Waals surface area contributed by atoms with Crippen LogP contribution in [0.25, 0.3) is 0 Å². The summed E-state index contributed by atoms with van der Waals surface area (Å²) in [6, 6.07) is 0. The SMILES string of the molecule is CCCC(=O)NCCC(C)Br. The van der Waals surface area contributed by atoms with Crippen LogP contribution in [-0.4, -0.2) is 17.3 Å². The van der Waals surface area contributed by atoms with Gasteiger partial charge in [0.25, 0.3) is 0 Å². The van der Waals surface area contributed by atoms with E-state index in [1.54, 1.807) is 0 Å². The Bertz CT molecular complexity index is 115. The Hall–Kier alpha value is -0.0500. The number of nitrogens with one attached hydrogen (secondary N) is 1. The zero-order chi connectivity index (χ0) is 8.69. The monoisotopic (exact) mass is 221 g/mol. The van der Waals surface area contributed by atoms with Gasteiger partial charge in [0.15, 0.2) is 0 Å². The van der Waals surface area contributed by atoms with Gasteiger partial charge in [0.2, 0.25) is 5.91 Å². The Labute approximate surface area is 76.9 Å². The lowest BCUT2D eigenvalue weighted by molar-refractivity contribution is -0.121. The summed E-state index contributed by atoms with van der Waals surface area (Å²) >= 11 is 3.41. The summed E-state index contributed by atoms with van der Waals surface area (Å²) in [5.41, 5.74) is 0. The minimum Gasteiger partial charge on any atom is -0.356 e. The fourth-order valence-corrected chi connectivity index (χ4v) is 0.955. The summed E-state index contributed by atoms with van der Waals surface area (Å²) in [6.45, 7) is 4.86. The molecule has 0 aromatic heterocycles. The van der Waals surface area contributed by atoms with Crippen molar-refractivity contribution in [3.05, 3.63) is 0 Å². The van der Waals surface area contributed by atoms with Gasteiger partial charge in [-0.05, 0) is 12.8 Å². The van der Waals surface area contributed by atoms with E-state index in [0.29, 0.717) is 11.2 Å². The van der Waals surface area contributed by atoms with E-state index >= 15 is 0 Å². The van der Waals surface area contributed by atoms with Gasteiger partial charge >= 0.3 is 0 Å². The Kier molecular flexibility index (Phi) is 6.62. The molecule has 3 heteroatoms. The standard InChI is InChI=1S/C8H16BrNO/c1-3-4-8(11)10-6-5-7(2)9/h7H,3-6H2,1-2H3,(H,10,11). The predicted octanol–water partition coefficient (Wildman–Crippen LogP) is 2.08. The average Bonchev–Trinajstić information content (AvgIpc) is 1.87. The van der Waals surface area contributed by atoms with E-state index in [2.05, 4.69) is 28.2 Å². The zero-order valence-electron chi connectivity index (χ0n) is 7.19. The second kappa shape index (κ2) is 6.65. The topological polar surface area (TPSA) is 29.1 Å². The number of carbonyl (C=O) groups excluding carboxylic acids is 1. The van der Waals surface area contributed by atoms with Gasteiger partial charge in [0.1, 0.15) is 0 Å². The van der Waals surface area contributed by atoms with Crippen LogP contribution in [0, 0.1) is 0 Å². The third kappa shape index (κ3) is 7.85. The van der Waals surface area contributed by atoms with Crippen LogP contribution in [0.3, 0.4) is 0 Å². The van der Waals surface area contributed by atoms with E-state index in [0.717, 1.165) is 19.4 Å². The molecule has 0 aromatic rings. The fraction of sp³-hybridized carbons (Fsp3) is 0.875. The van der Waals surface area contributed by atoms with Gasteiger partial charge in [0, 0.05) is 17.8 Å². The third-order valence-electron chi connectivity index (χ3n) is 1.34. The highest BCUT2D eigenvalue weighted by Gasteiger charge is 1.99. The predicted molar refractivity (Wildman–Crippen MR) is 50.9 cm³/mol. The molecular weight excluding hydrogens is 206 g/mol. The van der Waals surface area contributed by atoms with Crippen molar-refractivity contribution < 1.29 is 4.79 Å². The van der Waals surface area contributed by atoms with E-state index in [4.69, 9.17) is 0 Å². The number of carbonyl (C=O) groups is 1. The lowest BCUT2D eigenvalue weighted by Gasteiger charge is -2.04. The van der Waals surface area contributed by atoms with Gasteiger partial charge in [-0.2, -0.15) is 0 Å². The summed E-state index contributed by atoms with van der Waals surface area (Å²) in [4.78, 5) is 11.4. The highest BCUT2D eigenvalue weighted by molar-refractivity contribution is 9.09. The van der Waals surface area contributed by atoms with Crippen molar-refractivity contribution in [3.63, 3.8) is 0 Å². The van der Waals surface area contributed by atoms with E-state index in [-0.39, 0.29) is 5.91 Å². The normalized spacial score (nSPS) is 12.6. The summed E-state index contributed by atoms with van der Waals surface area (Å²) < 4.78 is 0. The largest absolute Gasteiger partial charge is 0.356 e. The average molecular weight is 222 g/mol. The maximum absolute atomic E-state index is 10.9. The molecular formula is C8H16BrNO. The molecule has 0 fully saturated rings. The first-order chi connectivity index (χ1) is 5.16. The summed E-state index contributed by atoms with van der Waals surface area (Å²) in [6.07, 6.45) is 2.57. The molecule has 0 rings (SSSR count). The Morgan fingerprint density at radius 2 is 2.27 bits per heavy atom. The lowest BCUT2D eigenvalue weighted by atomic mass is 10.3. The molecule has 1 amide bonds. The number of amides is 1. The molecule has 2 nitrogen and oxygen atoms in total.